The molecule has 2 unspecified atom stereocenters. The number of rotatable bonds is 5. The number of pyridine rings is 1. The summed E-state index contributed by atoms with van der Waals surface area (Å²) in [4.78, 5) is 10.7. The molecule has 0 aliphatic carbocycles. The summed E-state index contributed by atoms with van der Waals surface area (Å²) >= 11 is 0. The summed E-state index contributed by atoms with van der Waals surface area (Å²) in [5, 5.41) is 24.1. The molecule has 0 saturated carbocycles. The Labute approximate surface area is 205 Å². The molecule has 0 amide bonds. The first kappa shape index (κ1) is 23.9. The van der Waals surface area contributed by atoms with Gasteiger partial charge >= 0.3 is 6.18 Å². The number of anilines is 3. The highest BCUT2D eigenvalue weighted by Gasteiger charge is 2.42. The number of benzene rings is 1. The average molecular weight is 499 g/mol. The van der Waals surface area contributed by atoms with E-state index in [0.29, 0.717) is 35.1 Å². The Morgan fingerprint density at radius 1 is 1.14 bits per heavy atom. The zero-order chi connectivity index (χ0) is 25.4. The fourth-order valence-electron chi connectivity index (χ4n) is 4.21. The van der Waals surface area contributed by atoms with E-state index in [0.717, 1.165) is 16.9 Å². The number of aryl methyl sites for hydroxylation is 1. The molecule has 3 aromatic heterocycles. The number of nitrogens with zero attached hydrogens (tertiary/aromatic N) is 6. The molecule has 0 radical (unpaired) electrons. The number of alkyl halides is 3. The van der Waals surface area contributed by atoms with E-state index in [4.69, 9.17) is 0 Å². The molecule has 1 saturated heterocycles. The molecule has 0 bridgehead atoms. The molecule has 12 heteroatoms. The van der Waals surface area contributed by atoms with E-state index in [1.165, 1.54) is 0 Å². The molecule has 2 atom stereocenters. The molecule has 5 rings (SSSR count). The molecule has 1 aliphatic rings. The van der Waals surface area contributed by atoms with Crippen LogP contribution in [0.25, 0.3) is 16.9 Å². The van der Waals surface area contributed by atoms with Crippen LogP contribution in [0.5, 0.6) is 0 Å². The highest BCUT2D eigenvalue weighted by molar-refractivity contribution is 5.82. The lowest BCUT2D eigenvalue weighted by molar-refractivity contribution is -0.155. The van der Waals surface area contributed by atoms with Crippen molar-refractivity contribution in [2.45, 2.75) is 32.2 Å². The number of hydrogen-bond donors (Lipinski definition) is 3. The molecule has 0 spiro atoms. The fourth-order valence-corrected chi connectivity index (χ4v) is 4.21. The van der Waals surface area contributed by atoms with Crippen LogP contribution >= 0.6 is 0 Å². The largest absolute Gasteiger partial charge is 0.405 e. The summed E-state index contributed by atoms with van der Waals surface area (Å²) in [6, 6.07) is 11.1. The van der Waals surface area contributed by atoms with Crippen molar-refractivity contribution in [2.75, 3.05) is 29.9 Å². The number of piperazine rings is 1. The first-order valence-electron chi connectivity index (χ1n) is 11.5. The van der Waals surface area contributed by atoms with Gasteiger partial charge in [0.05, 0.1) is 22.8 Å². The number of aliphatic hydroxyl groups excluding tert-OH is 1. The standard InChI is InChI=1S/C24H25F3N8O/c1-14-3-7-21(33-32-14)30-16-4-6-19-18(11-16)29-13-35(19)22-8-5-17(15(2)36)23(31-22)34-10-9-28-20(12-34)24(25,26)27/h3-8,11,13,15,20,28,36H,9-10,12H2,1-2H3,(H,30,33). The Morgan fingerprint density at radius 3 is 2.69 bits per heavy atom. The van der Waals surface area contributed by atoms with Crippen molar-refractivity contribution in [3.05, 3.63) is 60.0 Å². The number of hydrogen-bond acceptors (Lipinski definition) is 8. The van der Waals surface area contributed by atoms with E-state index >= 15 is 0 Å². The first-order valence-corrected chi connectivity index (χ1v) is 11.5. The van der Waals surface area contributed by atoms with Crippen LogP contribution in [0.4, 0.5) is 30.5 Å². The van der Waals surface area contributed by atoms with Gasteiger partial charge in [-0.15, -0.1) is 5.10 Å². The zero-order valence-corrected chi connectivity index (χ0v) is 19.7. The Balaban J connectivity index is 1.47. The van der Waals surface area contributed by atoms with Crippen LogP contribution in [0.1, 0.15) is 24.3 Å². The monoisotopic (exact) mass is 498 g/mol. The van der Waals surface area contributed by atoms with E-state index in [2.05, 4.69) is 30.8 Å². The number of halogens is 3. The van der Waals surface area contributed by atoms with Crippen LogP contribution < -0.4 is 15.5 Å². The van der Waals surface area contributed by atoms with Gasteiger partial charge in [0.2, 0.25) is 0 Å². The maximum absolute atomic E-state index is 13.4. The van der Waals surface area contributed by atoms with E-state index in [-0.39, 0.29) is 13.1 Å². The van der Waals surface area contributed by atoms with Crippen molar-refractivity contribution in [2.24, 2.45) is 0 Å². The highest BCUT2D eigenvalue weighted by Crippen LogP contribution is 2.31. The van der Waals surface area contributed by atoms with Crippen LogP contribution in [0.15, 0.2) is 48.8 Å². The summed E-state index contributed by atoms with van der Waals surface area (Å²) < 4.78 is 41.9. The van der Waals surface area contributed by atoms with Crippen molar-refractivity contribution in [3.63, 3.8) is 0 Å². The van der Waals surface area contributed by atoms with Crippen LogP contribution in [0.2, 0.25) is 0 Å². The number of imidazole rings is 1. The molecule has 9 nitrogen and oxygen atoms in total. The summed E-state index contributed by atoms with van der Waals surface area (Å²) in [7, 11) is 0. The second-order valence-electron chi connectivity index (χ2n) is 8.76. The molecule has 36 heavy (non-hydrogen) atoms. The molecule has 1 aromatic carbocycles. The van der Waals surface area contributed by atoms with Crippen molar-refractivity contribution in [1.82, 2.24) is 30.0 Å². The molecule has 188 valence electrons. The molecule has 3 N–H and O–H groups in total. The molecule has 4 heterocycles. The minimum atomic E-state index is -4.38. The average Bonchev–Trinajstić information content (AvgIpc) is 3.28. The van der Waals surface area contributed by atoms with Gasteiger partial charge in [0.15, 0.2) is 5.82 Å². The fraction of sp³-hybridized carbons (Fsp3) is 0.333. The van der Waals surface area contributed by atoms with Gasteiger partial charge in [0, 0.05) is 30.9 Å². The van der Waals surface area contributed by atoms with E-state index in [9.17, 15) is 18.3 Å². The van der Waals surface area contributed by atoms with Crippen molar-refractivity contribution >= 4 is 28.4 Å². The van der Waals surface area contributed by atoms with Crippen LogP contribution in [0.3, 0.4) is 0 Å². The lowest BCUT2D eigenvalue weighted by atomic mass is 10.1. The van der Waals surface area contributed by atoms with E-state index < -0.39 is 18.3 Å². The smallest absolute Gasteiger partial charge is 0.389 e. The highest BCUT2D eigenvalue weighted by atomic mass is 19.4. The molecule has 4 aromatic rings. The maximum atomic E-state index is 13.4. The zero-order valence-electron chi connectivity index (χ0n) is 19.7. The number of aliphatic hydroxyl groups is 1. The van der Waals surface area contributed by atoms with Crippen LogP contribution in [-0.2, 0) is 0 Å². The summed E-state index contributed by atoms with van der Waals surface area (Å²) in [6.07, 6.45) is -3.65. The van der Waals surface area contributed by atoms with Gasteiger partial charge in [-0.1, -0.05) is 0 Å². The Hall–Kier alpha value is -3.77. The Kier molecular flexibility index (Phi) is 6.22. The SMILES string of the molecule is Cc1ccc(Nc2ccc3c(c2)ncn3-c2ccc(C(C)O)c(N3CCNC(C(F)(F)F)C3)n2)nn1. The second-order valence-corrected chi connectivity index (χ2v) is 8.76. The number of aromatic nitrogens is 5. The number of nitrogens with one attached hydrogen (secondary N) is 2. The van der Waals surface area contributed by atoms with Gasteiger partial charge in [-0.2, -0.15) is 18.3 Å². The third kappa shape index (κ3) is 4.82. The lowest BCUT2D eigenvalue weighted by Gasteiger charge is -2.36. The van der Waals surface area contributed by atoms with Crippen molar-refractivity contribution in [1.29, 1.82) is 0 Å². The second kappa shape index (κ2) is 9.36. The van der Waals surface area contributed by atoms with Gasteiger partial charge in [0.25, 0.3) is 0 Å². The van der Waals surface area contributed by atoms with Gasteiger partial charge in [-0.05, 0) is 56.3 Å². The molecule has 1 aliphatic heterocycles. The molecule has 1 fully saturated rings. The third-order valence-electron chi connectivity index (χ3n) is 6.08. The Bertz CT molecular complexity index is 1370. The predicted molar refractivity (Wildman–Crippen MR) is 130 cm³/mol. The summed E-state index contributed by atoms with van der Waals surface area (Å²) in [5.74, 6) is 1.42. The third-order valence-corrected chi connectivity index (χ3v) is 6.08. The van der Waals surface area contributed by atoms with Gasteiger partial charge in [0.1, 0.15) is 24.0 Å². The van der Waals surface area contributed by atoms with Crippen molar-refractivity contribution in [3.8, 4) is 5.82 Å². The quantitative estimate of drug-likeness (QED) is 0.383. The molecular formula is C24H25F3N8O. The first-order chi connectivity index (χ1) is 17.2. The van der Waals surface area contributed by atoms with E-state index in [1.807, 2.05) is 37.3 Å². The molecular weight excluding hydrogens is 473 g/mol. The Morgan fingerprint density at radius 2 is 1.97 bits per heavy atom. The topological polar surface area (TPSA) is 104 Å². The van der Waals surface area contributed by atoms with Gasteiger partial charge < -0.3 is 20.6 Å². The maximum Gasteiger partial charge on any atom is 0.405 e. The predicted octanol–water partition coefficient (Wildman–Crippen LogP) is 3.66. The van der Waals surface area contributed by atoms with Gasteiger partial charge in [-0.3, -0.25) is 4.57 Å². The normalized spacial score (nSPS) is 17.4. The van der Waals surface area contributed by atoms with Gasteiger partial charge in [-0.25, -0.2) is 9.97 Å². The summed E-state index contributed by atoms with van der Waals surface area (Å²) in [5.41, 5.74) is 3.53. The van der Waals surface area contributed by atoms with Crippen LogP contribution in [0, 0.1) is 6.92 Å². The van der Waals surface area contributed by atoms with E-state index in [1.54, 1.807) is 34.9 Å². The number of fused-ring (bicyclic) bond motifs is 1. The van der Waals surface area contributed by atoms with Crippen LogP contribution in [-0.4, -0.2) is 61.7 Å². The minimum absolute atomic E-state index is 0.157. The lowest BCUT2D eigenvalue weighted by Crippen LogP contribution is -2.57. The summed E-state index contributed by atoms with van der Waals surface area (Å²) in [6.45, 7) is 3.64. The minimum Gasteiger partial charge on any atom is -0.389 e. The van der Waals surface area contributed by atoms with Crippen molar-refractivity contribution < 1.29 is 18.3 Å².